The first-order valence-electron chi connectivity index (χ1n) is 6.54. The Bertz CT molecular complexity index is 563. The lowest BCUT2D eigenvalue weighted by molar-refractivity contribution is 0.339. The third kappa shape index (κ3) is 3.14. The first kappa shape index (κ1) is 14.0. The van der Waals surface area contributed by atoms with E-state index in [0.717, 1.165) is 34.0 Å². The molecular formula is C15H20N2OS. The molecule has 2 rings (SSSR count). The van der Waals surface area contributed by atoms with Crippen molar-refractivity contribution < 1.29 is 4.74 Å². The summed E-state index contributed by atoms with van der Waals surface area (Å²) in [5.74, 6) is 0.942. The minimum atomic E-state index is 0.637. The Labute approximate surface area is 118 Å². The van der Waals surface area contributed by atoms with E-state index in [4.69, 9.17) is 10.5 Å². The number of hydrogen-bond donors (Lipinski definition) is 1. The fourth-order valence-electron chi connectivity index (χ4n) is 2.15. The highest BCUT2D eigenvalue weighted by Crippen LogP contribution is 2.34. The molecule has 1 aromatic carbocycles. The Hall–Kier alpha value is -1.39. The molecule has 0 saturated carbocycles. The molecule has 4 heteroatoms. The van der Waals surface area contributed by atoms with Crippen LogP contribution in [0.4, 0.5) is 0 Å². The SMILES string of the molecule is CCOc1c(C)cc(C)cc1-c1csc(CCN)n1. The van der Waals surface area contributed by atoms with Crippen LogP contribution in [0.3, 0.4) is 0 Å². The van der Waals surface area contributed by atoms with Crippen molar-refractivity contribution >= 4 is 11.3 Å². The van der Waals surface area contributed by atoms with Crippen LogP contribution in [0.2, 0.25) is 0 Å². The van der Waals surface area contributed by atoms with Crippen LogP contribution in [0.5, 0.6) is 5.75 Å². The highest BCUT2D eigenvalue weighted by Gasteiger charge is 2.13. The molecule has 19 heavy (non-hydrogen) atoms. The molecule has 2 aromatic rings. The lowest BCUT2D eigenvalue weighted by Crippen LogP contribution is -2.02. The second-order valence-electron chi connectivity index (χ2n) is 4.56. The van der Waals surface area contributed by atoms with Crippen molar-refractivity contribution in [1.29, 1.82) is 0 Å². The van der Waals surface area contributed by atoms with Crippen molar-refractivity contribution in [2.75, 3.05) is 13.2 Å². The number of rotatable bonds is 5. The average molecular weight is 276 g/mol. The Morgan fingerprint density at radius 2 is 2.11 bits per heavy atom. The molecule has 0 aliphatic rings. The first-order chi connectivity index (χ1) is 9.15. The molecule has 2 N–H and O–H groups in total. The normalized spacial score (nSPS) is 10.7. The summed E-state index contributed by atoms with van der Waals surface area (Å²) in [6.07, 6.45) is 0.833. The van der Waals surface area contributed by atoms with E-state index in [1.165, 1.54) is 5.56 Å². The molecule has 0 aliphatic carbocycles. The van der Waals surface area contributed by atoms with Crippen molar-refractivity contribution in [1.82, 2.24) is 4.98 Å². The number of aryl methyl sites for hydroxylation is 2. The summed E-state index contributed by atoms with van der Waals surface area (Å²) in [5, 5.41) is 3.17. The predicted molar refractivity (Wildman–Crippen MR) is 81.0 cm³/mol. The zero-order chi connectivity index (χ0) is 13.8. The highest BCUT2D eigenvalue weighted by molar-refractivity contribution is 7.09. The molecule has 1 aromatic heterocycles. The molecule has 0 bridgehead atoms. The Morgan fingerprint density at radius 3 is 2.79 bits per heavy atom. The number of benzene rings is 1. The van der Waals surface area contributed by atoms with Gasteiger partial charge in [0.25, 0.3) is 0 Å². The second-order valence-corrected chi connectivity index (χ2v) is 5.50. The number of aromatic nitrogens is 1. The number of nitrogens with two attached hydrogens (primary N) is 1. The van der Waals surface area contributed by atoms with E-state index in [1.807, 2.05) is 6.92 Å². The number of nitrogens with zero attached hydrogens (tertiary/aromatic N) is 1. The van der Waals surface area contributed by atoms with Gasteiger partial charge in [-0.25, -0.2) is 4.98 Å². The van der Waals surface area contributed by atoms with E-state index < -0.39 is 0 Å². The maximum absolute atomic E-state index is 5.79. The molecule has 0 atom stereocenters. The van der Waals surface area contributed by atoms with E-state index in [0.29, 0.717) is 13.2 Å². The van der Waals surface area contributed by atoms with Crippen LogP contribution in [0.25, 0.3) is 11.3 Å². The minimum Gasteiger partial charge on any atom is -0.493 e. The largest absolute Gasteiger partial charge is 0.493 e. The van der Waals surface area contributed by atoms with Gasteiger partial charge in [0, 0.05) is 17.4 Å². The van der Waals surface area contributed by atoms with Crippen molar-refractivity contribution in [3.05, 3.63) is 33.6 Å². The van der Waals surface area contributed by atoms with E-state index in [1.54, 1.807) is 11.3 Å². The van der Waals surface area contributed by atoms with E-state index in [9.17, 15) is 0 Å². The fourth-order valence-corrected chi connectivity index (χ4v) is 2.97. The van der Waals surface area contributed by atoms with Gasteiger partial charge in [-0.1, -0.05) is 6.07 Å². The van der Waals surface area contributed by atoms with Gasteiger partial charge in [0.2, 0.25) is 0 Å². The number of thiazole rings is 1. The first-order valence-corrected chi connectivity index (χ1v) is 7.42. The summed E-state index contributed by atoms with van der Waals surface area (Å²) >= 11 is 1.66. The fraction of sp³-hybridized carbons (Fsp3) is 0.400. The Morgan fingerprint density at radius 1 is 1.32 bits per heavy atom. The summed E-state index contributed by atoms with van der Waals surface area (Å²) in [5.41, 5.74) is 10.0. The summed E-state index contributed by atoms with van der Waals surface area (Å²) in [4.78, 5) is 4.65. The highest BCUT2D eigenvalue weighted by atomic mass is 32.1. The summed E-state index contributed by atoms with van der Waals surface area (Å²) in [6.45, 7) is 7.48. The van der Waals surface area contributed by atoms with Crippen molar-refractivity contribution in [2.45, 2.75) is 27.2 Å². The van der Waals surface area contributed by atoms with Crippen LogP contribution in [0, 0.1) is 13.8 Å². The molecule has 3 nitrogen and oxygen atoms in total. The molecule has 0 amide bonds. The monoisotopic (exact) mass is 276 g/mol. The molecule has 0 unspecified atom stereocenters. The molecular weight excluding hydrogens is 256 g/mol. The zero-order valence-corrected chi connectivity index (χ0v) is 12.5. The number of ether oxygens (including phenoxy) is 1. The lowest BCUT2D eigenvalue weighted by atomic mass is 10.0. The van der Waals surface area contributed by atoms with Gasteiger partial charge in [-0.15, -0.1) is 11.3 Å². The van der Waals surface area contributed by atoms with Gasteiger partial charge in [-0.3, -0.25) is 0 Å². The van der Waals surface area contributed by atoms with Gasteiger partial charge in [0.1, 0.15) is 5.75 Å². The third-order valence-corrected chi connectivity index (χ3v) is 3.80. The van der Waals surface area contributed by atoms with Crippen molar-refractivity contribution in [3.8, 4) is 17.0 Å². The van der Waals surface area contributed by atoms with Crippen LogP contribution in [0.1, 0.15) is 23.1 Å². The smallest absolute Gasteiger partial charge is 0.131 e. The summed E-state index contributed by atoms with van der Waals surface area (Å²) in [7, 11) is 0. The van der Waals surface area contributed by atoms with E-state index in [2.05, 4.69) is 36.3 Å². The summed E-state index contributed by atoms with van der Waals surface area (Å²) in [6, 6.07) is 4.28. The Kier molecular flexibility index (Phi) is 4.56. The standard InChI is InChI=1S/C15H20N2OS/c1-4-18-15-11(3)7-10(2)8-12(15)13-9-19-14(17-13)5-6-16/h7-9H,4-6,16H2,1-3H3. The van der Waals surface area contributed by atoms with Crippen LogP contribution in [-0.4, -0.2) is 18.1 Å². The Balaban J connectivity index is 2.46. The topological polar surface area (TPSA) is 48.1 Å². The molecule has 0 fully saturated rings. The molecule has 102 valence electrons. The van der Waals surface area contributed by atoms with Gasteiger partial charge < -0.3 is 10.5 Å². The van der Waals surface area contributed by atoms with Crippen LogP contribution in [-0.2, 0) is 6.42 Å². The van der Waals surface area contributed by atoms with Crippen molar-refractivity contribution in [3.63, 3.8) is 0 Å². The van der Waals surface area contributed by atoms with Crippen LogP contribution < -0.4 is 10.5 Å². The van der Waals surface area contributed by atoms with E-state index in [-0.39, 0.29) is 0 Å². The average Bonchev–Trinajstić information content (AvgIpc) is 2.81. The number of hydrogen-bond acceptors (Lipinski definition) is 4. The summed E-state index contributed by atoms with van der Waals surface area (Å²) < 4.78 is 5.79. The molecule has 0 aliphatic heterocycles. The van der Waals surface area contributed by atoms with Crippen molar-refractivity contribution in [2.24, 2.45) is 5.73 Å². The van der Waals surface area contributed by atoms with Gasteiger partial charge in [-0.2, -0.15) is 0 Å². The second kappa shape index (κ2) is 6.17. The predicted octanol–water partition coefficient (Wildman–Crippen LogP) is 3.33. The zero-order valence-electron chi connectivity index (χ0n) is 11.7. The van der Waals surface area contributed by atoms with Gasteiger partial charge >= 0.3 is 0 Å². The molecule has 0 saturated heterocycles. The molecule has 1 heterocycles. The van der Waals surface area contributed by atoms with Gasteiger partial charge in [0.15, 0.2) is 0 Å². The van der Waals surface area contributed by atoms with E-state index >= 15 is 0 Å². The van der Waals surface area contributed by atoms with Gasteiger partial charge in [0.05, 0.1) is 17.3 Å². The van der Waals surface area contributed by atoms with Crippen LogP contribution >= 0.6 is 11.3 Å². The quantitative estimate of drug-likeness (QED) is 0.911. The lowest BCUT2D eigenvalue weighted by Gasteiger charge is -2.13. The minimum absolute atomic E-state index is 0.637. The third-order valence-electron chi connectivity index (χ3n) is 2.89. The van der Waals surface area contributed by atoms with Crippen LogP contribution in [0.15, 0.2) is 17.5 Å². The van der Waals surface area contributed by atoms with Gasteiger partial charge in [-0.05, 0) is 44.5 Å². The maximum Gasteiger partial charge on any atom is 0.131 e. The molecule has 0 spiro atoms. The molecule has 0 radical (unpaired) electrons. The maximum atomic E-state index is 5.79.